The van der Waals surface area contributed by atoms with E-state index < -0.39 is 17.7 Å². The SMILES string of the molecule is CC(C)(C)OC(=O)NCCCn1cc(C(=O)O)ccc1=O. The number of carbonyl (C=O) groups excluding carboxylic acids is 1. The fraction of sp³-hybridized carbons (Fsp3) is 0.500. The van der Waals surface area contributed by atoms with Crippen molar-refractivity contribution in [3.8, 4) is 0 Å². The van der Waals surface area contributed by atoms with E-state index in [1.165, 1.54) is 22.9 Å². The van der Waals surface area contributed by atoms with E-state index in [-0.39, 0.29) is 11.1 Å². The van der Waals surface area contributed by atoms with E-state index in [0.717, 1.165) is 0 Å². The lowest BCUT2D eigenvalue weighted by Crippen LogP contribution is -2.33. The second kappa shape index (κ2) is 6.92. The summed E-state index contributed by atoms with van der Waals surface area (Å²) in [4.78, 5) is 33.8. The smallest absolute Gasteiger partial charge is 0.407 e. The number of nitrogens with zero attached hydrogens (tertiary/aromatic N) is 1. The van der Waals surface area contributed by atoms with Crippen LogP contribution in [-0.4, -0.2) is 33.9 Å². The van der Waals surface area contributed by atoms with Crippen molar-refractivity contribution in [1.29, 1.82) is 0 Å². The van der Waals surface area contributed by atoms with E-state index in [9.17, 15) is 14.4 Å². The maximum atomic E-state index is 11.6. The van der Waals surface area contributed by atoms with Crippen molar-refractivity contribution in [3.63, 3.8) is 0 Å². The minimum Gasteiger partial charge on any atom is -0.478 e. The van der Waals surface area contributed by atoms with Gasteiger partial charge in [0.15, 0.2) is 0 Å². The van der Waals surface area contributed by atoms with Crippen molar-refractivity contribution in [3.05, 3.63) is 34.2 Å². The summed E-state index contributed by atoms with van der Waals surface area (Å²) in [7, 11) is 0. The van der Waals surface area contributed by atoms with Crippen LogP contribution in [0.3, 0.4) is 0 Å². The van der Waals surface area contributed by atoms with Gasteiger partial charge in [0.25, 0.3) is 5.56 Å². The minimum atomic E-state index is -1.09. The molecule has 1 rings (SSSR count). The first kappa shape index (κ1) is 16.7. The summed E-state index contributed by atoms with van der Waals surface area (Å²) in [6, 6.07) is 2.48. The molecule has 1 heterocycles. The molecule has 116 valence electrons. The fourth-order valence-corrected chi connectivity index (χ4v) is 1.59. The molecule has 0 atom stereocenters. The molecule has 0 saturated heterocycles. The molecule has 0 aliphatic carbocycles. The molecule has 0 radical (unpaired) electrons. The summed E-state index contributed by atoms with van der Waals surface area (Å²) in [6.07, 6.45) is 1.26. The number of aromatic nitrogens is 1. The van der Waals surface area contributed by atoms with Crippen LogP contribution in [0.15, 0.2) is 23.1 Å². The summed E-state index contributed by atoms with van der Waals surface area (Å²) >= 11 is 0. The van der Waals surface area contributed by atoms with Gasteiger partial charge < -0.3 is 19.7 Å². The van der Waals surface area contributed by atoms with Crippen molar-refractivity contribution >= 4 is 12.1 Å². The van der Waals surface area contributed by atoms with E-state index in [2.05, 4.69) is 5.32 Å². The predicted molar refractivity (Wildman–Crippen MR) is 76.5 cm³/mol. The molecule has 0 saturated carbocycles. The highest BCUT2D eigenvalue weighted by atomic mass is 16.6. The summed E-state index contributed by atoms with van der Waals surface area (Å²) in [5.41, 5.74) is -0.788. The zero-order chi connectivity index (χ0) is 16.0. The third-order valence-electron chi connectivity index (χ3n) is 2.47. The van der Waals surface area contributed by atoms with E-state index in [4.69, 9.17) is 9.84 Å². The van der Waals surface area contributed by atoms with Gasteiger partial charge in [0.1, 0.15) is 5.60 Å². The second-order valence-electron chi connectivity index (χ2n) is 5.54. The highest BCUT2D eigenvalue weighted by molar-refractivity contribution is 5.87. The van der Waals surface area contributed by atoms with Crippen LogP contribution < -0.4 is 10.9 Å². The topological polar surface area (TPSA) is 97.6 Å². The molecule has 0 aromatic carbocycles. The quantitative estimate of drug-likeness (QED) is 0.802. The number of carbonyl (C=O) groups is 2. The zero-order valence-electron chi connectivity index (χ0n) is 12.4. The van der Waals surface area contributed by atoms with E-state index in [1.54, 1.807) is 20.8 Å². The summed E-state index contributed by atoms with van der Waals surface area (Å²) in [5, 5.41) is 11.4. The van der Waals surface area contributed by atoms with Gasteiger partial charge in [0.05, 0.1) is 5.56 Å². The van der Waals surface area contributed by atoms with Gasteiger partial charge >= 0.3 is 12.1 Å². The first-order valence-electron chi connectivity index (χ1n) is 6.60. The third kappa shape index (κ3) is 6.11. The lowest BCUT2D eigenvalue weighted by Gasteiger charge is -2.19. The van der Waals surface area contributed by atoms with Crippen LogP contribution in [0.2, 0.25) is 0 Å². The highest BCUT2D eigenvalue weighted by Gasteiger charge is 2.15. The maximum Gasteiger partial charge on any atom is 0.407 e. The standard InChI is InChI=1S/C14H20N2O5/c1-14(2,3)21-13(20)15-7-4-8-16-9-10(12(18)19)5-6-11(16)17/h5-6,9H,4,7-8H2,1-3H3,(H,15,20)(H,18,19). The van der Waals surface area contributed by atoms with Gasteiger partial charge in [0, 0.05) is 25.4 Å². The van der Waals surface area contributed by atoms with Crippen molar-refractivity contribution < 1.29 is 19.4 Å². The van der Waals surface area contributed by atoms with Crippen molar-refractivity contribution in [2.24, 2.45) is 0 Å². The number of rotatable bonds is 5. The molecule has 1 aromatic rings. The van der Waals surface area contributed by atoms with Crippen LogP contribution in [0.4, 0.5) is 4.79 Å². The van der Waals surface area contributed by atoms with E-state index >= 15 is 0 Å². The number of carboxylic acid groups (broad SMARTS) is 1. The molecule has 21 heavy (non-hydrogen) atoms. The highest BCUT2D eigenvalue weighted by Crippen LogP contribution is 2.06. The summed E-state index contributed by atoms with van der Waals surface area (Å²) < 4.78 is 6.37. The number of alkyl carbamates (subject to hydrolysis) is 1. The van der Waals surface area contributed by atoms with E-state index in [0.29, 0.717) is 19.5 Å². The molecule has 0 bridgehead atoms. The molecular weight excluding hydrogens is 276 g/mol. The molecule has 7 nitrogen and oxygen atoms in total. The number of hydrogen-bond donors (Lipinski definition) is 2. The molecule has 0 aliphatic heterocycles. The van der Waals surface area contributed by atoms with Crippen LogP contribution in [0.25, 0.3) is 0 Å². The van der Waals surface area contributed by atoms with Crippen LogP contribution in [0, 0.1) is 0 Å². The molecule has 7 heteroatoms. The molecule has 1 aromatic heterocycles. The van der Waals surface area contributed by atoms with Gasteiger partial charge in [-0.1, -0.05) is 0 Å². The average Bonchev–Trinajstić information content (AvgIpc) is 2.34. The van der Waals surface area contributed by atoms with Crippen molar-refractivity contribution in [2.75, 3.05) is 6.54 Å². The molecule has 0 unspecified atom stereocenters. The third-order valence-corrected chi connectivity index (χ3v) is 2.47. The Morgan fingerprint density at radius 1 is 1.33 bits per heavy atom. The van der Waals surface area contributed by atoms with Gasteiger partial charge in [-0.3, -0.25) is 4.79 Å². The van der Waals surface area contributed by atoms with Crippen LogP contribution in [0.1, 0.15) is 37.6 Å². The Balaban J connectivity index is 2.46. The minimum absolute atomic E-state index is 0.0506. The Kier molecular flexibility index (Phi) is 5.52. The predicted octanol–water partition coefficient (Wildman–Crippen LogP) is 1.46. The van der Waals surface area contributed by atoms with Crippen LogP contribution in [-0.2, 0) is 11.3 Å². The van der Waals surface area contributed by atoms with Gasteiger partial charge in [-0.2, -0.15) is 0 Å². The Hall–Kier alpha value is -2.31. The Morgan fingerprint density at radius 3 is 2.57 bits per heavy atom. The number of aromatic carboxylic acids is 1. The second-order valence-corrected chi connectivity index (χ2v) is 5.54. The molecule has 0 fully saturated rings. The maximum absolute atomic E-state index is 11.6. The number of carboxylic acids is 1. The number of ether oxygens (including phenoxy) is 1. The van der Waals surface area contributed by atoms with Gasteiger partial charge in [-0.25, -0.2) is 9.59 Å². The Labute approximate surface area is 122 Å². The van der Waals surface area contributed by atoms with Crippen LogP contribution in [0.5, 0.6) is 0 Å². The van der Waals surface area contributed by atoms with Crippen LogP contribution >= 0.6 is 0 Å². The molecule has 2 N–H and O–H groups in total. The number of aryl methyl sites for hydroxylation is 1. The normalized spacial score (nSPS) is 11.0. The fourth-order valence-electron chi connectivity index (χ4n) is 1.59. The summed E-state index contributed by atoms with van der Waals surface area (Å²) in [6.45, 7) is 5.95. The number of nitrogens with one attached hydrogen (secondary N) is 1. The van der Waals surface area contributed by atoms with Crippen molar-refractivity contribution in [1.82, 2.24) is 9.88 Å². The molecule has 0 spiro atoms. The monoisotopic (exact) mass is 296 g/mol. The largest absolute Gasteiger partial charge is 0.478 e. The average molecular weight is 296 g/mol. The first-order chi connectivity index (χ1) is 9.69. The van der Waals surface area contributed by atoms with Gasteiger partial charge in [0.2, 0.25) is 0 Å². The van der Waals surface area contributed by atoms with Gasteiger partial charge in [-0.05, 0) is 33.3 Å². The number of pyridine rings is 1. The zero-order valence-corrected chi connectivity index (χ0v) is 12.4. The first-order valence-corrected chi connectivity index (χ1v) is 6.60. The molecule has 1 amide bonds. The Bertz CT molecular complexity index is 571. The number of hydrogen-bond acceptors (Lipinski definition) is 4. The number of amides is 1. The van der Waals surface area contributed by atoms with Gasteiger partial charge in [-0.15, -0.1) is 0 Å². The van der Waals surface area contributed by atoms with E-state index in [1.807, 2.05) is 0 Å². The van der Waals surface area contributed by atoms with Crippen molar-refractivity contribution in [2.45, 2.75) is 39.3 Å². The summed E-state index contributed by atoms with van der Waals surface area (Å²) in [5.74, 6) is -1.09. The lowest BCUT2D eigenvalue weighted by atomic mass is 10.2. The lowest BCUT2D eigenvalue weighted by molar-refractivity contribution is 0.0526. The molecular formula is C14H20N2O5. The Morgan fingerprint density at radius 2 is 2.00 bits per heavy atom. The molecule has 0 aliphatic rings.